The Balaban J connectivity index is 2.47. The van der Waals surface area contributed by atoms with E-state index in [4.69, 9.17) is 5.11 Å². The molecule has 0 radical (unpaired) electrons. The number of nitrogens with one attached hydrogen (secondary N) is 2. The molecule has 0 aliphatic heterocycles. The Labute approximate surface area is 113 Å². The van der Waals surface area contributed by atoms with Gasteiger partial charge >= 0.3 is 0 Å². The van der Waals surface area contributed by atoms with E-state index in [1.807, 2.05) is 13.8 Å². The molecule has 1 atom stereocenters. The van der Waals surface area contributed by atoms with Gasteiger partial charge in [0.1, 0.15) is 0 Å². The van der Waals surface area contributed by atoms with Crippen LogP contribution in [0.4, 0.5) is 0 Å². The van der Waals surface area contributed by atoms with Gasteiger partial charge in [0.25, 0.3) is 5.91 Å². The standard InChI is InChI=1S/C13H22N4O2/c1-4-12-11(7-9(2)16-17-12)13(19)15-6-5-14-8-10(3)18/h7,10,14,18H,4-6,8H2,1-3H3,(H,15,19). The van der Waals surface area contributed by atoms with Crippen molar-refractivity contribution in [2.45, 2.75) is 33.3 Å². The molecule has 106 valence electrons. The van der Waals surface area contributed by atoms with Gasteiger partial charge in [-0.2, -0.15) is 10.2 Å². The fraction of sp³-hybridized carbons (Fsp3) is 0.615. The second kappa shape index (κ2) is 7.81. The molecular formula is C13H22N4O2. The lowest BCUT2D eigenvalue weighted by Gasteiger charge is -2.10. The summed E-state index contributed by atoms with van der Waals surface area (Å²) in [6.07, 6.45) is 0.297. The van der Waals surface area contributed by atoms with Crippen LogP contribution in [0.5, 0.6) is 0 Å². The van der Waals surface area contributed by atoms with Gasteiger partial charge in [-0.15, -0.1) is 0 Å². The zero-order valence-electron chi connectivity index (χ0n) is 11.7. The molecular weight excluding hydrogens is 244 g/mol. The number of rotatable bonds is 7. The molecule has 19 heavy (non-hydrogen) atoms. The highest BCUT2D eigenvalue weighted by molar-refractivity contribution is 5.95. The summed E-state index contributed by atoms with van der Waals surface area (Å²) in [7, 11) is 0. The third-order valence-corrected chi connectivity index (χ3v) is 2.60. The predicted octanol–water partition coefficient (Wildman–Crippen LogP) is 0.0476. The first-order chi connectivity index (χ1) is 9.04. The summed E-state index contributed by atoms with van der Waals surface area (Å²) in [4.78, 5) is 12.0. The molecule has 6 heteroatoms. The molecule has 0 bridgehead atoms. The minimum Gasteiger partial charge on any atom is -0.392 e. The van der Waals surface area contributed by atoms with Crippen LogP contribution in [0.3, 0.4) is 0 Å². The quantitative estimate of drug-likeness (QED) is 0.607. The van der Waals surface area contributed by atoms with E-state index in [-0.39, 0.29) is 12.0 Å². The molecule has 1 rings (SSSR count). The molecule has 0 saturated carbocycles. The fourth-order valence-corrected chi connectivity index (χ4v) is 1.64. The Morgan fingerprint density at radius 2 is 2.16 bits per heavy atom. The van der Waals surface area contributed by atoms with E-state index in [1.54, 1.807) is 13.0 Å². The summed E-state index contributed by atoms with van der Waals surface area (Å²) in [6, 6.07) is 1.75. The van der Waals surface area contributed by atoms with E-state index in [1.165, 1.54) is 0 Å². The lowest BCUT2D eigenvalue weighted by atomic mass is 10.1. The van der Waals surface area contributed by atoms with Crippen LogP contribution >= 0.6 is 0 Å². The molecule has 1 aromatic rings. The normalized spacial score (nSPS) is 12.2. The molecule has 3 N–H and O–H groups in total. The first-order valence-corrected chi connectivity index (χ1v) is 6.54. The van der Waals surface area contributed by atoms with E-state index >= 15 is 0 Å². The predicted molar refractivity (Wildman–Crippen MR) is 73.0 cm³/mol. The van der Waals surface area contributed by atoms with Crippen molar-refractivity contribution >= 4 is 5.91 Å². The van der Waals surface area contributed by atoms with E-state index in [2.05, 4.69) is 20.8 Å². The van der Waals surface area contributed by atoms with Crippen LogP contribution < -0.4 is 10.6 Å². The SMILES string of the molecule is CCc1nnc(C)cc1C(=O)NCCNCC(C)O. The van der Waals surface area contributed by atoms with Crippen molar-refractivity contribution in [2.24, 2.45) is 0 Å². The van der Waals surface area contributed by atoms with Crippen molar-refractivity contribution in [2.75, 3.05) is 19.6 Å². The first-order valence-electron chi connectivity index (χ1n) is 6.54. The second-order valence-electron chi connectivity index (χ2n) is 4.51. The molecule has 0 saturated heterocycles. The summed E-state index contributed by atoms with van der Waals surface area (Å²) >= 11 is 0. The number of hydrogen-bond donors (Lipinski definition) is 3. The third kappa shape index (κ3) is 5.32. The van der Waals surface area contributed by atoms with Gasteiger partial charge in [-0.1, -0.05) is 6.92 Å². The molecule has 1 amide bonds. The number of aliphatic hydroxyl groups is 1. The van der Waals surface area contributed by atoms with Crippen LogP contribution in [0.2, 0.25) is 0 Å². The Morgan fingerprint density at radius 3 is 2.79 bits per heavy atom. The van der Waals surface area contributed by atoms with Gasteiger partial charge < -0.3 is 15.7 Å². The summed E-state index contributed by atoms with van der Waals surface area (Å²) in [5, 5.41) is 22.9. The molecule has 6 nitrogen and oxygen atoms in total. The third-order valence-electron chi connectivity index (χ3n) is 2.60. The van der Waals surface area contributed by atoms with Crippen molar-refractivity contribution in [3.63, 3.8) is 0 Å². The van der Waals surface area contributed by atoms with Crippen molar-refractivity contribution in [3.05, 3.63) is 23.0 Å². The summed E-state index contributed by atoms with van der Waals surface area (Å²) in [5.41, 5.74) is 2.03. The molecule has 0 fully saturated rings. The summed E-state index contributed by atoms with van der Waals surface area (Å²) < 4.78 is 0. The molecule has 1 unspecified atom stereocenters. The Kier molecular flexibility index (Phi) is 6.38. The van der Waals surface area contributed by atoms with Gasteiger partial charge in [-0.3, -0.25) is 4.79 Å². The largest absolute Gasteiger partial charge is 0.392 e. The number of aliphatic hydroxyl groups excluding tert-OH is 1. The van der Waals surface area contributed by atoms with Crippen LogP contribution in [0.25, 0.3) is 0 Å². The van der Waals surface area contributed by atoms with Crippen LogP contribution in [0, 0.1) is 6.92 Å². The monoisotopic (exact) mass is 266 g/mol. The van der Waals surface area contributed by atoms with Crippen molar-refractivity contribution < 1.29 is 9.90 Å². The van der Waals surface area contributed by atoms with Crippen LogP contribution in [0.15, 0.2) is 6.07 Å². The number of hydrogen-bond acceptors (Lipinski definition) is 5. The van der Waals surface area contributed by atoms with Gasteiger partial charge in [0.2, 0.25) is 0 Å². The lowest BCUT2D eigenvalue weighted by molar-refractivity contribution is 0.0952. The molecule has 0 aromatic carbocycles. The number of aromatic nitrogens is 2. The highest BCUT2D eigenvalue weighted by atomic mass is 16.3. The van der Waals surface area contributed by atoms with Crippen LogP contribution in [0.1, 0.15) is 35.6 Å². The van der Waals surface area contributed by atoms with E-state index in [0.29, 0.717) is 37.3 Å². The minimum atomic E-state index is -0.380. The maximum Gasteiger partial charge on any atom is 0.253 e. The van der Waals surface area contributed by atoms with Gasteiger partial charge in [0.15, 0.2) is 0 Å². The molecule has 0 aliphatic carbocycles. The number of aryl methyl sites for hydroxylation is 2. The number of carbonyl (C=O) groups is 1. The average Bonchev–Trinajstić information content (AvgIpc) is 2.37. The lowest BCUT2D eigenvalue weighted by Crippen LogP contribution is -2.35. The Hall–Kier alpha value is -1.53. The molecule has 0 aliphatic rings. The molecule has 1 heterocycles. The Bertz CT molecular complexity index is 421. The smallest absolute Gasteiger partial charge is 0.253 e. The van der Waals surface area contributed by atoms with Crippen molar-refractivity contribution in [1.82, 2.24) is 20.8 Å². The zero-order chi connectivity index (χ0) is 14.3. The molecule has 1 aromatic heterocycles. The maximum atomic E-state index is 12.0. The van der Waals surface area contributed by atoms with Crippen LogP contribution in [-0.4, -0.2) is 46.9 Å². The summed E-state index contributed by atoms with van der Waals surface area (Å²) in [6.45, 7) is 7.12. The number of carbonyl (C=O) groups excluding carboxylic acids is 1. The number of amides is 1. The highest BCUT2D eigenvalue weighted by Gasteiger charge is 2.12. The molecule has 0 spiro atoms. The van der Waals surface area contributed by atoms with Gasteiger partial charge in [-0.05, 0) is 26.3 Å². The number of nitrogens with zero attached hydrogens (tertiary/aromatic N) is 2. The zero-order valence-corrected chi connectivity index (χ0v) is 11.7. The van der Waals surface area contributed by atoms with E-state index in [9.17, 15) is 4.79 Å². The minimum absolute atomic E-state index is 0.131. The van der Waals surface area contributed by atoms with E-state index in [0.717, 1.165) is 5.69 Å². The first kappa shape index (κ1) is 15.5. The van der Waals surface area contributed by atoms with Gasteiger partial charge in [-0.25, -0.2) is 0 Å². The maximum absolute atomic E-state index is 12.0. The van der Waals surface area contributed by atoms with Crippen LogP contribution in [-0.2, 0) is 6.42 Å². The van der Waals surface area contributed by atoms with E-state index < -0.39 is 0 Å². The second-order valence-corrected chi connectivity index (χ2v) is 4.51. The topological polar surface area (TPSA) is 87.1 Å². The average molecular weight is 266 g/mol. The van der Waals surface area contributed by atoms with Gasteiger partial charge in [0.05, 0.1) is 23.1 Å². The van der Waals surface area contributed by atoms with Crippen molar-refractivity contribution in [3.8, 4) is 0 Å². The van der Waals surface area contributed by atoms with Crippen molar-refractivity contribution in [1.29, 1.82) is 0 Å². The fourth-order valence-electron chi connectivity index (χ4n) is 1.64. The Morgan fingerprint density at radius 1 is 1.42 bits per heavy atom. The summed E-state index contributed by atoms with van der Waals surface area (Å²) in [5.74, 6) is -0.131. The van der Waals surface area contributed by atoms with Gasteiger partial charge in [0, 0.05) is 19.6 Å². The highest BCUT2D eigenvalue weighted by Crippen LogP contribution is 2.06.